The maximum absolute atomic E-state index is 14.7. The SMILES string of the molecule is CCO[C@H]1CC[C@H](n2cc(NC(=O)c3csc(-c4cnn(C(C)OP(=O)(O)O)c4)n3)c(-c3nc(F)ccc3F)n2)CC1.NC(CO)(CO)CO. The number of anilines is 1. The zero-order valence-corrected chi connectivity index (χ0v) is 28.8. The van der Waals surface area contributed by atoms with Crippen LogP contribution in [0, 0.1) is 11.8 Å². The minimum Gasteiger partial charge on any atom is -0.394 e. The van der Waals surface area contributed by atoms with Gasteiger partial charge in [-0.1, -0.05) is 0 Å². The topological polar surface area (TPSA) is 253 Å². The van der Waals surface area contributed by atoms with Crippen LogP contribution in [0.15, 0.2) is 36.1 Å². The Hall–Kier alpha value is -3.56. The van der Waals surface area contributed by atoms with Gasteiger partial charge in [0, 0.05) is 29.9 Å². The van der Waals surface area contributed by atoms with Crippen LogP contribution in [-0.4, -0.2) is 98.6 Å². The Balaban J connectivity index is 0.000000627. The van der Waals surface area contributed by atoms with Gasteiger partial charge in [-0.15, -0.1) is 11.3 Å². The normalized spacial score (nSPS) is 17.2. The van der Waals surface area contributed by atoms with Gasteiger partial charge in [0.1, 0.15) is 22.1 Å². The number of halogens is 2. The predicted molar refractivity (Wildman–Crippen MR) is 176 cm³/mol. The second kappa shape index (κ2) is 17.1. The number of phosphoric ester groups is 1. The molecule has 0 saturated heterocycles. The number of hydrogen-bond donors (Lipinski definition) is 7. The minimum absolute atomic E-state index is 0.0111. The first-order valence-electron chi connectivity index (χ1n) is 15.4. The number of nitrogens with zero attached hydrogens (tertiary/aromatic N) is 6. The van der Waals surface area contributed by atoms with Crippen molar-refractivity contribution in [2.45, 2.75) is 63.4 Å². The van der Waals surface area contributed by atoms with Gasteiger partial charge < -0.3 is 40.9 Å². The van der Waals surface area contributed by atoms with Crippen LogP contribution in [0.1, 0.15) is 62.3 Å². The van der Waals surface area contributed by atoms with Gasteiger partial charge in [0.25, 0.3) is 5.91 Å². The number of phosphoric acid groups is 1. The number of thiazole rings is 1. The number of nitrogens with one attached hydrogen (secondary N) is 1. The maximum atomic E-state index is 14.7. The van der Waals surface area contributed by atoms with Crippen LogP contribution >= 0.6 is 19.2 Å². The Morgan fingerprint density at radius 2 is 1.80 bits per heavy atom. The van der Waals surface area contributed by atoms with Crippen LogP contribution in [0.3, 0.4) is 0 Å². The molecule has 4 aromatic heterocycles. The summed E-state index contributed by atoms with van der Waals surface area (Å²) in [5.41, 5.74) is 4.28. The Kier molecular flexibility index (Phi) is 13.4. The smallest absolute Gasteiger partial charge is 0.394 e. The van der Waals surface area contributed by atoms with Crippen LogP contribution in [0.5, 0.6) is 0 Å². The molecule has 5 rings (SSSR count). The van der Waals surface area contributed by atoms with Crippen molar-refractivity contribution in [3.05, 3.63) is 53.6 Å². The number of pyridine rings is 1. The molecule has 1 amide bonds. The standard InChI is InChI=1S/C25H28F2N7O6PS.C4H11NO3/c1-3-39-17-6-4-16(5-7-17)34-12-19(23(32-34)22-18(26)8-9-21(27)31-22)29-24(35)20-13-42-25(30-20)15-10-28-33(11-15)14(2)40-41(36,37)38;5-4(1-6,2-7)3-8/h8-14,16-17H,3-7H2,1-2H3,(H,29,35)(H2,36,37,38);6-8H,1-3,5H2/t14?,16-,17-;. The third-order valence-corrected chi connectivity index (χ3v) is 9.10. The highest BCUT2D eigenvalue weighted by molar-refractivity contribution is 7.46. The third-order valence-electron chi connectivity index (χ3n) is 7.63. The summed E-state index contributed by atoms with van der Waals surface area (Å²) in [6, 6.07) is 1.83. The van der Waals surface area contributed by atoms with Gasteiger partial charge in [0.15, 0.2) is 12.0 Å². The number of hydrogen-bond acceptors (Lipinski definition) is 13. The zero-order valence-electron chi connectivity index (χ0n) is 27.1. The fourth-order valence-corrected chi connectivity index (χ4v) is 6.15. The number of carbonyl (C=O) groups is 1. The highest BCUT2D eigenvalue weighted by atomic mass is 32.1. The van der Waals surface area contributed by atoms with E-state index in [1.54, 1.807) is 10.9 Å². The molecule has 274 valence electrons. The molecule has 1 aliphatic carbocycles. The van der Waals surface area contributed by atoms with E-state index >= 15 is 0 Å². The summed E-state index contributed by atoms with van der Waals surface area (Å²) in [6.45, 7) is 2.78. The first-order valence-corrected chi connectivity index (χ1v) is 17.8. The summed E-state index contributed by atoms with van der Waals surface area (Å²) in [5.74, 6) is -2.29. The van der Waals surface area contributed by atoms with Gasteiger partial charge in [-0.25, -0.2) is 23.6 Å². The molecule has 1 saturated carbocycles. The molecule has 4 heterocycles. The molecule has 4 aromatic rings. The first-order chi connectivity index (χ1) is 23.7. The highest BCUT2D eigenvalue weighted by Gasteiger charge is 2.27. The number of aromatic nitrogens is 6. The van der Waals surface area contributed by atoms with E-state index in [2.05, 4.69) is 30.0 Å². The maximum Gasteiger partial charge on any atom is 0.471 e. The number of amides is 1. The summed E-state index contributed by atoms with van der Waals surface area (Å²) >= 11 is 1.14. The van der Waals surface area contributed by atoms with E-state index in [0.717, 1.165) is 49.2 Å². The molecule has 0 radical (unpaired) electrons. The molecule has 1 aliphatic rings. The van der Waals surface area contributed by atoms with Crippen LogP contribution in [0.2, 0.25) is 0 Å². The number of aliphatic hydroxyl groups is 3. The second-order valence-electron chi connectivity index (χ2n) is 11.5. The Labute approximate surface area is 289 Å². The van der Waals surface area contributed by atoms with Crippen molar-refractivity contribution < 1.29 is 52.5 Å². The Bertz CT molecular complexity index is 1760. The highest BCUT2D eigenvalue weighted by Crippen LogP contribution is 2.40. The van der Waals surface area contributed by atoms with Gasteiger partial charge in [-0.3, -0.25) is 14.0 Å². The fraction of sp³-hybridized carbons (Fsp3) is 0.483. The molecule has 1 atom stereocenters. The molecule has 8 N–H and O–H groups in total. The van der Waals surface area contributed by atoms with Crippen molar-refractivity contribution in [1.29, 1.82) is 0 Å². The van der Waals surface area contributed by atoms with E-state index in [1.807, 2.05) is 6.92 Å². The fourth-order valence-electron chi connectivity index (χ4n) is 4.88. The van der Waals surface area contributed by atoms with Crippen molar-refractivity contribution in [2.75, 3.05) is 31.7 Å². The molecule has 1 unspecified atom stereocenters. The number of carbonyl (C=O) groups excluding carboxylic acids is 1. The van der Waals surface area contributed by atoms with E-state index < -0.39 is 57.1 Å². The predicted octanol–water partition coefficient (Wildman–Crippen LogP) is 2.60. The first kappa shape index (κ1) is 39.2. The molecule has 0 spiro atoms. The average molecular weight is 745 g/mol. The largest absolute Gasteiger partial charge is 0.471 e. The summed E-state index contributed by atoms with van der Waals surface area (Å²) in [4.78, 5) is 39.3. The van der Waals surface area contributed by atoms with E-state index in [9.17, 15) is 18.1 Å². The summed E-state index contributed by atoms with van der Waals surface area (Å²) in [5, 5.41) is 38.2. The molecule has 0 aromatic carbocycles. The molecule has 50 heavy (non-hydrogen) atoms. The Morgan fingerprint density at radius 3 is 2.40 bits per heavy atom. The molecule has 17 nitrogen and oxygen atoms in total. The lowest BCUT2D eigenvalue weighted by Crippen LogP contribution is -2.50. The lowest BCUT2D eigenvalue weighted by molar-refractivity contribution is 0.0260. The third kappa shape index (κ3) is 10.3. The lowest BCUT2D eigenvalue weighted by atomic mass is 9.93. The van der Waals surface area contributed by atoms with Gasteiger partial charge in [-0.2, -0.15) is 14.6 Å². The van der Waals surface area contributed by atoms with Crippen molar-refractivity contribution in [2.24, 2.45) is 5.73 Å². The number of aliphatic hydroxyl groups excluding tert-OH is 3. The van der Waals surface area contributed by atoms with Gasteiger partial charge >= 0.3 is 7.82 Å². The van der Waals surface area contributed by atoms with Crippen molar-refractivity contribution in [3.63, 3.8) is 0 Å². The molecule has 0 bridgehead atoms. The summed E-state index contributed by atoms with van der Waals surface area (Å²) in [7, 11) is -4.73. The summed E-state index contributed by atoms with van der Waals surface area (Å²) in [6.07, 6.45) is 6.76. The van der Waals surface area contributed by atoms with Gasteiger partial charge in [0.05, 0.1) is 49.4 Å². The number of nitrogens with two attached hydrogens (primary N) is 1. The lowest BCUT2D eigenvalue weighted by Gasteiger charge is -2.28. The van der Waals surface area contributed by atoms with Crippen molar-refractivity contribution >= 4 is 30.8 Å². The van der Waals surface area contributed by atoms with E-state index in [-0.39, 0.29) is 34.9 Å². The van der Waals surface area contributed by atoms with E-state index in [4.69, 9.17) is 35.6 Å². The molecular weight excluding hydrogens is 705 g/mol. The molecule has 21 heteroatoms. The molecular formula is C29H39F2N8O9PS. The average Bonchev–Trinajstić information content (AvgIpc) is 3.86. The second-order valence-corrected chi connectivity index (χ2v) is 13.5. The number of rotatable bonds is 13. The van der Waals surface area contributed by atoms with Crippen molar-refractivity contribution in [1.82, 2.24) is 29.5 Å². The van der Waals surface area contributed by atoms with Gasteiger partial charge in [-0.05, 0) is 51.7 Å². The van der Waals surface area contributed by atoms with Gasteiger partial charge in [0.2, 0.25) is 5.95 Å². The molecule has 0 aliphatic heterocycles. The zero-order chi connectivity index (χ0) is 36.6. The van der Waals surface area contributed by atoms with Crippen molar-refractivity contribution in [3.8, 4) is 22.0 Å². The number of ether oxygens (including phenoxy) is 1. The summed E-state index contributed by atoms with van der Waals surface area (Å²) < 4.78 is 53.1. The quantitative estimate of drug-likeness (QED) is 0.0768. The van der Waals surface area contributed by atoms with E-state index in [0.29, 0.717) is 17.2 Å². The van der Waals surface area contributed by atoms with Crippen LogP contribution in [-0.2, 0) is 13.8 Å². The monoisotopic (exact) mass is 744 g/mol. The molecule has 1 fully saturated rings. The minimum atomic E-state index is -4.73. The van der Waals surface area contributed by atoms with Crippen LogP contribution < -0.4 is 11.1 Å². The van der Waals surface area contributed by atoms with E-state index in [1.165, 1.54) is 29.4 Å². The van der Waals surface area contributed by atoms with Crippen LogP contribution in [0.25, 0.3) is 22.0 Å². The Morgan fingerprint density at radius 1 is 1.12 bits per heavy atom. The van der Waals surface area contributed by atoms with Crippen LogP contribution in [0.4, 0.5) is 14.5 Å².